The van der Waals surface area contributed by atoms with E-state index in [9.17, 15) is 18.0 Å². The summed E-state index contributed by atoms with van der Waals surface area (Å²) in [5.41, 5.74) is 0. The second-order valence-electron chi connectivity index (χ2n) is 5.87. The van der Waals surface area contributed by atoms with Crippen molar-refractivity contribution in [1.29, 1.82) is 0 Å². The van der Waals surface area contributed by atoms with Gasteiger partial charge in [0.25, 0.3) is 0 Å². The number of nitrogens with zero attached hydrogens (tertiary/aromatic N) is 1. The molecule has 4 unspecified atom stereocenters. The Bertz CT molecular complexity index is 356. The second kappa shape index (κ2) is 8.12. The monoisotopic (exact) mass is 326 g/mol. The molecule has 1 aliphatic rings. The van der Waals surface area contributed by atoms with Crippen LogP contribution in [-0.2, 0) is 14.3 Å². The molecular weight excluding hydrogens is 301 g/mol. The average molecular weight is 326 g/mol. The molecule has 22 heavy (non-hydrogen) atoms. The van der Waals surface area contributed by atoms with E-state index in [0.717, 1.165) is 13.1 Å². The van der Waals surface area contributed by atoms with Crippen LogP contribution in [0, 0.1) is 0 Å². The minimum Gasteiger partial charge on any atom is -0.373 e. The maximum Gasteiger partial charge on any atom is 0.411 e. The lowest BCUT2D eigenvalue weighted by molar-refractivity contribution is -0.185. The summed E-state index contributed by atoms with van der Waals surface area (Å²) in [5.74, 6) is -0.537. The van der Waals surface area contributed by atoms with E-state index < -0.39 is 24.8 Å². The zero-order valence-electron chi connectivity index (χ0n) is 13.4. The lowest BCUT2D eigenvalue weighted by atomic mass is 10.1. The second-order valence-corrected chi connectivity index (χ2v) is 5.87. The van der Waals surface area contributed by atoms with Crippen LogP contribution >= 0.6 is 0 Å². The third kappa shape index (κ3) is 6.93. The summed E-state index contributed by atoms with van der Waals surface area (Å²) in [6.45, 7) is 7.72. The molecule has 8 heteroatoms. The quantitative estimate of drug-likeness (QED) is 0.805. The van der Waals surface area contributed by atoms with Crippen molar-refractivity contribution in [3.05, 3.63) is 0 Å². The van der Waals surface area contributed by atoms with Gasteiger partial charge in [-0.25, -0.2) is 0 Å². The lowest BCUT2D eigenvalue weighted by Gasteiger charge is -2.39. The Hall–Kier alpha value is -0.860. The number of halogens is 3. The molecule has 4 atom stereocenters. The number of amides is 1. The van der Waals surface area contributed by atoms with Crippen LogP contribution < -0.4 is 5.32 Å². The van der Waals surface area contributed by atoms with E-state index in [0.29, 0.717) is 6.54 Å². The summed E-state index contributed by atoms with van der Waals surface area (Å²) in [5, 5.41) is 2.63. The van der Waals surface area contributed by atoms with Crippen molar-refractivity contribution >= 4 is 5.91 Å². The van der Waals surface area contributed by atoms with Gasteiger partial charge in [-0.2, -0.15) is 13.2 Å². The number of rotatable bonds is 6. The molecule has 1 rings (SSSR count). The highest BCUT2D eigenvalue weighted by Gasteiger charge is 2.30. The normalized spacial score (nSPS) is 26.5. The fourth-order valence-electron chi connectivity index (χ4n) is 2.39. The maximum absolute atomic E-state index is 12.0. The molecule has 1 N–H and O–H groups in total. The number of carbonyl (C=O) groups is 1. The van der Waals surface area contributed by atoms with E-state index in [4.69, 9.17) is 4.74 Å². The summed E-state index contributed by atoms with van der Waals surface area (Å²) in [6.07, 6.45) is -5.31. The molecule has 0 aromatic heterocycles. The Morgan fingerprint density at radius 1 is 1.32 bits per heavy atom. The van der Waals surface area contributed by atoms with E-state index in [1.165, 1.54) is 6.92 Å². The van der Waals surface area contributed by atoms with Gasteiger partial charge < -0.3 is 14.8 Å². The lowest BCUT2D eigenvalue weighted by Crippen LogP contribution is -2.52. The minimum atomic E-state index is -4.43. The number of ether oxygens (including phenoxy) is 2. The molecule has 1 aliphatic heterocycles. The molecule has 5 nitrogen and oxygen atoms in total. The number of hydrogen-bond donors (Lipinski definition) is 1. The van der Waals surface area contributed by atoms with Gasteiger partial charge in [0.05, 0.1) is 12.2 Å². The summed E-state index contributed by atoms with van der Waals surface area (Å²) >= 11 is 0. The molecule has 0 saturated carbocycles. The first kappa shape index (κ1) is 19.2. The first-order chi connectivity index (χ1) is 10.1. The zero-order valence-corrected chi connectivity index (χ0v) is 13.4. The van der Waals surface area contributed by atoms with Crippen molar-refractivity contribution < 1.29 is 27.4 Å². The Morgan fingerprint density at radius 2 is 1.86 bits per heavy atom. The van der Waals surface area contributed by atoms with Crippen LogP contribution in [0.1, 0.15) is 27.7 Å². The molecule has 0 bridgehead atoms. The first-order valence-electron chi connectivity index (χ1n) is 7.44. The molecule has 0 radical (unpaired) electrons. The van der Waals surface area contributed by atoms with Crippen LogP contribution in [0.15, 0.2) is 0 Å². The van der Waals surface area contributed by atoms with Crippen LogP contribution in [0.25, 0.3) is 0 Å². The molecule has 1 fully saturated rings. The van der Waals surface area contributed by atoms with Gasteiger partial charge >= 0.3 is 6.18 Å². The van der Waals surface area contributed by atoms with Gasteiger partial charge in [0.15, 0.2) is 0 Å². The van der Waals surface area contributed by atoms with Gasteiger partial charge in [0.2, 0.25) is 5.91 Å². The fourth-order valence-corrected chi connectivity index (χ4v) is 2.39. The van der Waals surface area contributed by atoms with Crippen LogP contribution in [0.3, 0.4) is 0 Å². The average Bonchev–Trinajstić information content (AvgIpc) is 2.39. The highest BCUT2D eigenvalue weighted by molar-refractivity contribution is 5.80. The van der Waals surface area contributed by atoms with Gasteiger partial charge in [0.1, 0.15) is 12.7 Å². The molecule has 0 spiro atoms. The molecular formula is C14H25F3N2O3. The van der Waals surface area contributed by atoms with Crippen molar-refractivity contribution in [3.63, 3.8) is 0 Å². The standard InChI is InChI=1S/C14H25F3N2O3/c1-9(19-6-10(2)22-11(3)7-19)5-18-13(20)12(4)21-8-14(15,16)17/h9-12H,5-8H2,1-4H3,(H,18,20). The highest BCUT2D eigenvalue weighted by atomic mass is 19.4. The minimum absolute atomic E-state index is 0.0765. The van der Waals surface area contributed by atoms with Crippen molar-refractivity contribution in [2.75, 3.05) is 26.2 Å². The van der Waals surface area contributed by atoms with E-state index in [2.05, 4.69) is 15.0 Å². The molecule has 130 valence electrons. The SMILES string of the molecule is CC1CN(C(C)CNC(=O)C(C)OCC(F)(F)F)CC(C)O1. The summed E-state index contributed by atoms with van der Waals surface area (Å²) < 4.78 is 46.3. The molecule has 1 heterocycles. The fraction of sp³-hybridized carbons (Fsp3) is 0.929. The third-order valence-corrected chi connectivity index (χ3v) is 3.51. The van der Waals surface area contributed by atoms with Crippen molar-refractivity contribution in [3.8, 4) is 0 Å². The predicted octanol–water partition coefficient (Wildman–Crippen LogP) is 1.57. The van der Waals surface area contributed by atoms with E-state index in [1.54, 1.807) is 0 Å². The van der Waals surface area contributed by atoms with Crippen molar-refractivity contribution in [2.24, 2.45) is 0 Å². The van der Waals surface area contributed by atoms with Crippen LogP contribution in [-0.4, -0.2) is 67.6 Å². The number of hydrogen-bond acceptors (Lipinski definition) is 4. The van der Waals surface area contributed by atoms with E-state index in [-0.39, 0.29) is 18.2 Å². The molecule has 1 amide bonds. The largest absolute Gasteiger partial charge is 0.411 e. The maximum atomic E-state index is 12.0. The Labute approximate surface area is 129 Å². The van der Waals surface area contributed by atoms with Gasteiger partial charge in [-0.3, -0.25) is 9.69 Å². The molecule has 0 aromatic carbocycles. The highest BCUT2D eigenvalue weighted by Crippen LogP contribution is 2.16. The van der Waals surface area contributed by atoms with Crippen LogP contribution in [0.5, 0.6) is 0 Å². The number of morpholine rings is 1. The number of alkyl halides is 3. The third-order valence-electron chi connectivity index (χ3n) is 3.51. The number of nitrogens with one attached hydrogen (secondary N) is 1. The smallest absolute Gasteiger partial charge is 0.373 e. The van der Waals surface area contributed by atoms with Gasteiger partial charge in [-0.05, 0) is 27.7 Å². The van der Waals surface area contributed by atoms with E-state index >= 15 is 0 Å². The van der Waals surface area contributed by atoms with Crippen LogP contribution in [0.4, 0.5) is 13.2 Å². The van der Waals surface area contributed by atoms with Crippen molar-refractivity contribution in [1.82, 2.24) is 10.2 Å². The molecule has 0 aliphatic carbocycles. The van der Waals surface area contributed by atoms with Gasteiger partial charge in [-0.1, -0.05) is 0 Å². The Morgan fingerprint density at radius 3 is 2.36 bits per heavy atom. The summed E-state index contributed by atoms with van der Waals surface area (Å²) in [7, 11) is 0. The molecule has 1 saturated heterocycles. The topological polar surface area (TPSA) is 50.8 Å². The zero-order chi connectivity index (χ0) is 16.9. The summed E-state index contributed by atoms with van der Waals surface area (Å²) in [4.78, 5) is 13.9. The Balaban J connectivity index is 2.33. The number of carbonyl (C=O) groups excluding carboxylic acids is 1. The van der Waals surface area contributed by atoms with Crippen molar-refractivity contribution in [2.45, 2.75) is 58.2 Å². The van der Waals surface area contributed by atoms with Gasteiger partial charge in [0, 0.05) is 25.7 Å². The van der Waals surface area contributed by atoms with Gasteiger partial charge in [-0.15, -0.1) is 0 Å². The Kier molecular flexibility index (Phi) is 7.08. The summed E-state index contributed by atoms with van der Waals surface area (Å²) in [6, 6.07) is 0.0765. The molecule has 0 aromatic rings. The first-order valence-corrected chi connectivity index (χ1v) is 7.44. The van der Waals surface area contributed by atoms with Crippen LogP contribution in [0.2, 0.25) is 0 Å². The van der Waals surface area contributed by atoms with E-state index in [1.807, 2.05) is 20.8 Å². The predicted molar refractivity (Wildman–Crippen MR) is 75.5 cm³/mol.